The quantitative estimate of drug-likeness (QED) is 0.802. The summed E-state index contributed by atoms with van der Waals surface area (Å²) < 4.78 is 0.613. The maximum atomic E-state index is 6.22. The fourth-order valence-corrected chi connectivity index (χ4v) is 2.48. The van der Waals surface area contributed by atoms with Gasteiger partial charge in [0.05, 0.1) is 12.0 Å². The molecule has 0 spiro atoms. The molecule has 0 saturated heterocycles. The van der Waals surface area contributed by atoms with Crippen LogP contribution in [0, 0.1) is 4.64 Å². The van der Waals surface area contributed by atoms with Crippen molar-refractivity contribution >= 4 is 35.4 Å². The lowest BCUT2D eigenvalue weighted by Gasteiger charge is -2.10. The van der Waals surface area contributed by atoms with Gasteiger partial charge in [0, 0.05) is 21.2 Å². The fourth-order valence-electron chi connectivity index (χ4n) is 1.84. The van der Waals surface area contributed by atoms with Crippen LogP contribution in [0.4, 0.5) is 0 Å². The highest BCUT2D eigenvalue weighted by molar-refractivity contribution is 7.71. The van der Waals surface area contributed by atoms with E-state index in [-0.39, 0.29) is 0 Å². The summed E-state index contributed by atoms with van der Waals surface area (Å²) in [5.41, 5.74) is 2.78. The lowest BCUT2D eigenvalue weighted by Crippen LogP contribution is -1.97. The second kappa shape index (κ2) is 5.83. The summed E-state index contributed by atoms with van der Waals surface area (Å²) in [7, 11) is 0. The first-order valence-electron chi connectivity index (χ1n) is 5.65. The molecule has 0 unspecified atom stereocenters. The van der Waals surface area contributed by atoms with E-state index in [2.05, 4.69) is 16.9 Å². The summed E-state index contributed by atoms with van der Waals surface area (Å²) in [4.78, 5) is 7.25. The Bertz CT molecular complexity index is 623. The molecule has 1 N–H and O–H groups in total. The average molecular weight is 299 g/mol. The summed E-state index contributed by atoms with van der Waals surface area (Å²) in [5.74, 6) is 0. The first-order chi connectivity index (χ1) is 8.63. The Labute approximate surface area is 121 Å². The summed E-state index contributed by atoms with van der Waals surface area (Å²) in [6.07, 6.45) is 3.45. The molecule has 2 rings (SSSR count). The van der Waals surface area contributed by atoms with Crippen LogP contribution in [0.5, 0.6) is 0 Å². The number of hydrogen-bond acceptors (Lipinski definition) is 2. The molecule has 5 heteroatoms. The van der Waals surface area contributed by atoms with Gasteiger partial charge in [0.1, 0.15) is 4.64 Å². The van der Waals surface area contributed by atoms with Gasteiger partial charge in [-0.2, -0.15) is 0 Å². The van der Waals surface area contributed by atoms with Gasteiger partial charge in [-0.3, -0.25) is 0 Å². The predicted octanol–water partition coefficient (Wildman–Crippen LogP) is 5.07. The molecule has 2 aromatic rings. The van der Waals surface area contributed by atoms with E-state index >= 15 is 0 Å². The second-order valence-corrected chi connectivity index (χ2v) is 5.17. The van der Waals surface area contributed by atoms with Crippen LogP contribution in [0.15, 0.2) is 24.5 Å². The summed E-state index contributed by atoms with van der Waals surface area (Å²) >= 11 is 17.5. The van der Waals surface area contributed by atoms with E-state index in [0.29, 0.717) is 14.7 Å². The second-order valence-electron chi connectivity index (χ2n) is 3.94. The number of benzene rings is 1. The molecule has 0 aliphatic carbocycles. The van der Waals surface area contributed by atoms with Crippen molar-refractivity contribution in [3.63, 3.8) is 0 Å². The Hall–Kier alpha value is -0.900. The zero-order chi connectivity index (χ0) is 13.1. The van der Waals surface area contributed by atoms with Crippen LogP contribution in [0.1, 0.15) is 18.9 Å². The highest BCUT2D eigenvalue weighted by Crippen LogP contribution is 2.31. The molecule has 1 heterocycles. The van der Waals surface area contributed by atoms with Crippen LogP contribution >= 0.6 is 35.4 Å². The molecule has 1 aromatic heterocycles. The first-order valence-corrected chi connectivity index (χ1v) is 6.82. The number of aromatic nitrogens is 2. The van der Waals surface area contributed by atoms with Crippen LogP contribution in [0.25, 0.3) is 11.3 Å². The van der Waals surface area contributed by atoms with Crippen molar-refractivity contribution in [2.45, 2.75) is 19.8 Å². The molecule has 0 amide bonds. The van der Waals surface area contributed by atoms with Crippen molar-refractivity contribution in [1.29, 1.82) is 0 Å². The monoisotopic (exact) mass is 298 g/mol. The van der Waals surface area contributed by atoms with Gasteiger partial charge >= 0.3 is 0 Å². The van der Waals surface area contributed by atoms with E-state index < -0.39 is 0 Å². The van der Waals surface area contributed by atoms with Crippen LogP contribution in [-0.2, 0) is 6.42 Å². The van der Waals surface area contributed by atoms with Crippen molar-refractivity contribution in [3.8, 4) is 11.3 Å². The average Bonchev–Trinajstić information content (AvgIpc) is 2.35. The van der Waals surface area contributed by atoms with E-state index in [0.717, 1.165) is 29.7 Å². The number of H-pyrrole nitrogens is 1. The molecule has 0 atom stereocenters. The van der Waals surface area contributed by atoms with E-state index in [1.807, 2.05) is 6.07 Å². The molecule has 2 nitrogen and oxygen atoms in total. The SMILES string of the molecule is CCCc1c(-c2cc(Cl)ccc2Cl)[nH]cnc1=S. The Kier molecular flexibility index (Phi) is 4.38. The van der Waals surface area contributed by atoms with Gasteiger partial charge in [-0.25, -0.2) is 4.98 Å². The van der Waals surface area contributed by atoms with Gasteiger partial charge in [0.25, 0.3) is 0 Å². The minimum absolute atomic E-state index is 0.613. The van der Waals surface area contributed by atoms with E-state index in [4.69, 9.17) is 35.4 Å². The Morgan fingerprint density at radius 1 is 1.33 bits per heavy atom. The third kappa shape index (κ3) is 2.74. The van der Waals surface area contributed by atoms with Gasteiger partial charge < -0.3 is 4.98 Å². The predicted molar refractivity (Wildman–Crippen MR) is 78.9 cm³/mol. The van der Waals surface area contributed by atoms with Gasteiger partial charge in [-0.15, -0.1) is 0 Å². The zero-order valence-electron chi connectivity index (χ0n) is 9.84. The maximum Gasteiger partial charge on any atom is 0.133 e. The van der Waals surface area contributed by atoms with Crippen LogP contribution < -0.4 is 0 Å². The molecule has 0 fully saturated rings. The van der Waals surface area contributed by atoms with Crippen LogP contribution in [0.3, 0.4) is 0 Å². The summed E-state index contributed by atoms with van der Waals surface area (Å²) in [6.45, 7) is 2.10. The van der Waals surface area contributed by atoms with Crippen molar-refractivity contribution in [2.75, 3.05) is 0 Å². The molecular formula is C13H12Cl2N2S. The molecule has 1 aromatic carbocycles. The minimum Gasteiger partial charge on any atom is -0.345 e. The lowest BCUT2D eigenvalue weighted by molar-refractivity contribution is 0.898. The summed E-state index contributed by atoms with van der Waals surface area (Å²) in [6, 6.07) is 5.39. The molecular weight excluding hydrogens is 287 g/mol. The maximum absolute atomic E-state index is 6.22. The van der Waals surface area contributed by atoms with E-state index in [1.54, 1.807) is 18.5 Å². The van der Waals surface area contributed by atoms with Crippen LogP contribution in [0.2, 0.25) is 10.0 Å². The molecule has 0 bridgehead atoms. The Morgan fingerprint density at radius 3 is 2.83 bits per heavy atom. The standard InChI is InChI=1S/C13H12Cl2N2S/c1-2-3-9-12(16-7-17-13(9)18)10-6-8(14)4-5-11(10)15/h4-7H,2-3H2,1H3,(H,16,17,18). The molecule has 94 valence electrons. The molecule has 0 aliphatic heterocycles. The smallest absolute Gasteiger partial charge is 0.133 e. The van der Waals surface area contributed by atoms with Crippen molar-refractivity contribution < 1.29 is 0 Å². The third-order valence-electron chi connectivity index (χ3n) is 2.65. The lowest BCUT2D eigenvalue weighted by atomic mass is 10.0. The fraction of sp³-hybridized carbons (Fsp3) is 0.231. The Morgan fingerprint density at radius 2 is 2.11 bits per heavy atom. The molecule has 0 radical (unpaired) electrons. The highest BCUT2D eigenvalue weighted by Gasteiger charge is 2.11. The van der Waals surface area contributed by atoms with Gasteiger partial charge in [0.15, 0.2) is 0 Å². The molecule has 0 aliphatic rings. The Balaban J connectivity index is 2.67. The minimum atomic E-state index is 0.613. The van der Waals surface area contributed by atoms with E-state index in [1.165, 1.54) is 0 Å². The van der Waals surface area contributed by atoms with Gasteiger partial charge in [-0.05, 0) is 24.6 Å². The number of nitrogens with one attached hydrogen (secondary N) is 1. The number of aromatic amines is 1. The van der Waals surface area contributed by atoms with Crippen molar-refractivity contribution in [2.24, 2.45) is 0 Å². The van der Waals surface area contributed by atoms with Gasteiger partial charge in [-0.1, -0.05) is 48.8 Å². The number of halogens is 2. The van der Waals surface area contributed by atoms with E-state index in [9.17, 15) is 0 Å². The molecule has 18 heavy (non-hydrogen) atoms. The summed E-state index contributed by atoms with van der Waals surface area (Å²) in [5, 5.41) is 1.29. The number of rotatable bonds is 3. The first kappa shape index (κ1) is 13.5. The topological polar surface area (TPSA) is 28.7 Å². The normalized spacial score (nSPS) is 10.6. The number of hydrogen-bond donors (Lipinski definition) is 1. The van der Waals surface area contributed by atoms with Crippen molar-refractivity contribution in [1.82, 2.24) is 9.97 Å². The highest BCUT2D eigenvalue weighted by atomic mass is 35.5. The molecule has 0 saturated carbocycles. The zero-order valence-corrected chi connectivity index (χ0v) is 12.2. The van der Waals surface area contributed by atoms with Crippen LogP contribution in [-0.4, -0.2) is 9.97 Å². The third-order valence-corrected chi connectivity index (χ3v) is 3.56. The number of nitrogens with zero attached hydrogens (tertiary/aromatic N) is 1. The van der Waals surface area contributed by atoms with Gasteiger partial charge in [0.2, 0.25) is 0 Å². The largest absolute Gasteiger partial charge is 0.345 e. The van der Waals surface area contributed by atoms with Crippen molar-refractivity contribution in [3.05, 3.63) is 44.8 Å².